The van der Waals surface area contributed by atoms with Gasteiger partial charge in [-0.3, -0.25) is 4.79 Å². The predicted molar refractivity (Wildman–Crippen MR) is 83.8 cm³/mol. The Morgan fingerprint density at radius 2 is 1.27 bits per heavy atom. The number of hydrogen-bond donors (Lipinski definition) is 1. The van der Waals surface area contributed by atoms with Gasteiger partial charge in [0, 0.05) is 0 Å². The van der Waals surface area contributed by atoms with E-state index in [0.29, 0.717) is 15.6 Å². The Hall–Kier alpha value is -1.24. The van der Waals surface area contributed by atoms with E-state index in [2.05, 4.69) is 0 Å². The van der Waals surface area contributed by atoms with Crippen molar-refractivity contribution < 1.29 is 38.4 Å². The van der Waals surface area contributed by atoms with Crippen LogP contribution in [0.25, 0.3) is 0 Å². The SMILES string of the molecule is C[N+](C)(C)CC(=O)C(O)(c1ccccc1)c1ccccc1.[I-]. The van der Waals surface area contributed by atoms with E-state index in [1.165, 1.54) is 0 Å². The second kappa shape index (κ2) is 7.35. The van der Waals surface area contributed by atoms with Gasteiger partial charge in [-0.2, -0.15) is 0 Å². The fourth-order valence-electron chi connectivity index (χ4n) is 2.39. The molecule has 2 aromatic rings. The Morgan fingerprint density at radius 3 is 1.59 bits per heavy atom. The summed E-state index contributed by atoms with van der Waals surface area (Å²) in [7, 11) is 5.82. The highest BCUT2D eigenvalue weighted by Crippen LogP contribution is 2.31. The van der Waals surface area contributed by atoms with Gasteiger partial charge in [-0.1, -0.05) is 60.7 Å². The predicted octanol–water partition coefficient (Wildman–Crippen LogP) is -0.798. The minimum absolute atomic E-state index is 0. The average molecular weight is 411 g/mol. The Kier molecular flexibility index (Phi) is 6.28. The lowest BCUT2D eigenvalue weighted by Crippen LogP contribution is -3.00. The molecule has 1 N–H and O–H groups in total. The van der Waals surface area contributed by atoms with Crippen LogP contribution < -0.4 is 24.0 Å². The van der Waals surface area contributed by atoms with Gasteiger partial charge in [0.25, 0.3) is 0 Å². The molecule has 0 atom stereocenters. The maximum absolute atomic E-state index is 12.8. The third-order valence-corrected chi connectivity index (χ3v) is 3.40. The van der Waals surface area contributed by atoms with Crippen molar-refractivity contribution in [3.63, 3.8) is 0 Å². The van der Waals surface area contributed by atoms with Crippen LogP contribution in [0, 0.1) is 0 Å². The van der Waals surface area contributed by atoms with Crippen LogP contribution in [-0.4, -0.2) is 43.1 Å². The van der Waals surface area contributed by atoms with Gasteiger partial charge in [-0.15, -0.1) is 0 Å². The maximum Gasteiger partial charge on any atom is 0.227 e. The number of benzene rings is 2. The van der Waals surface area contributed by atoms with Crippen LogP contribution >= 0.6 is 0 Å². The topological polar surface area (TPSA) is 37.3 Å². The molecule has 2 rings (SSSR count). The van der Waals surface area contributed by atoms with Gasteiger partial charge in [0.15, 0.2) is 5.60 Å². The molecule has 22 heavy (non-hydrogen) atoms. The smallest absolute Gasteiger partial charge is 0.227 e. The molecular formula is C18H22INO2. The molecule has 0 fully saturated rings. The van der Waals surface area contributed by atoms with Crippen molar-refractivity contribution in [1.29, 1.82) is 0 Å². The summed E-state index contributed by atoms with van der Waals surface area (Å²) < 4.78 is 0.473. The molecule has 0 aliphatic heterocycles. The van der Waals surface area contributed by atoms with Gasteiger partial charge in [-0.25, -0.2) is 0 Å². The summed E-state index contributed by atoms with van der Waals surface area (Å²) in [5.41, 5.74) is -0.391. The lowest BCUT2D eigenvalue weighted by atomic mass is 9.82. The minimum atomic E-state index is -1.60. The molecule has 0 aromatic heterocycles. The molecular weight excluding hydrogens is 389 g/mol. The van der Waals surface area contributed by atoms with Crippen LogP contribution in [0.4, 0.5) is 0 Å². The van der Waals surface area contributed by atoms with Crippen LogP contribution in [0.3, 0.4) is 0 Å². The first-order valence-electron chi connectivity index (χ1n) is 7.01. The Morgan fingerprint density at radius 1 is 0.909 bits per heavy atom. The number of carbonyl (C=O) groups is 1. The molecule has 2 aromatic carbocycles. The lowest BCUT2D eigenvalue weighted by molar-refractivity contribution is -0.862. The Labute approximate surface area is 149 Å². The fourth-order valence-corrected chi connectivity index (χ4v) is 2.39. The molecule has 0 spiro atoms. The summed E-state index contributed by atoms with van der Waals surface area (Å²) in [5.74, 6) is -0.201. The van der Waals surface area contributed by atoms with Crippen LogP contribution in [0.5, 0.6) is 0 Å². The molecule has 0 heterocycles. The molecule has 3 nitrogen and oxygen atoms in total. The molecule has 0 saturated carbocycles. The Balaban J connectivity index is 0.00000242. The van der Waals surface area contributed by atoms with Crippen LogP contribution in [-0.2, 0) is 10.4 Å². The Bertz CT molecular complexity index is 566. The lowest BCUT2D eigenvalue weighted by Gasteiger charge is -2.31. The third kappa shape index (κ3) is 4.15. The summed E-state index contributed by atoms with van der Waals surface area (Å²) in [6.45, 7) is 0.250. The molecule has 118 valence electrons. The van der Waals surface area contributed by atoms with Crippen LogP contribution in [0.15, 0.2) is 60.7 Å². The summed E-state index contributed by atoms with van der Waals surface area (Å²) in [5, 5.41) is 11.2. The number of nitrogens with zero attached hydrogens (tertiary/aromatic N) is 1. The van der Waals surface area contributed by atoms with E-state index in [4.69, 9.17) is 0 Å². The van der Waals surface area contributed by atoms with E-state index in [1.54, 1.807) is 24.3 Å². The second-order valence-corrected chi connectivity index (χ2v) is 6.31. The minimum Gasteiger partial charge on any atom is -1.00 e. The number of ketones is 1. The van der Waals surface area contributed by atoms with E-state index in [0.717, 1.165) is 0 Å². The number of carbonyl (C=O) groups excluding carboxylic acids is 1. The zero-order valence-electron chi connectivity index (χ0n) is 13.2. The van der Waals surface area contributed by atoms with Crippen molar-refractivity contribution in [1.82, 2.24) is 0 Å². The quantitative estimate of drug-likeness (QED) is 0.517. The summed E-state index contributed by atoms with van der Waals surface area (Å²) in [6.07, 6.45) is 0. The first-order chi connectivity index (χ1) is 9.84. The van der Waals surface area contributed by atoms with Crippen molar-refractivity contribution in [3.05, 3.63) is 71.8 Å². The second-order valence-electron chi connectivity index (χ2n) is 6.31. The highest BCUT2D eigenvalue weighted by molar-refractivity contribution is 5.92. The fraction of sp³-hybridized carbons (Fsp3) is 0.278. The monoisotopic (exact) mass is 411 g/mol. The number of aliphatic hydroxyl groups is 1. The molecule has 0 aliphatic carbocycles. The molecule has 0 bridgehead atoms. The normalized spacial score (nSPS) is 11.6. The first-order valence-corrected chi connectivity index (χ1v) is 7.01. The highest BCUT2D eigenvalue weighted by atomic mass is 127. The molecule has 0 radical (unpaired) electrons. The summed E-state index contributed by atoms with van der Waals surface area (Å²) in [6, 6.07) is 18.3. The van der Waals surface area contributed by atoms with Crippen molar-refractivity contribution >= 4 is 5.78 Å². The van der Waals surface area contributed by atoms with Crippen molar-refractivity contribution in [2.24, 2.45) is 0 Å². The largest absolute Gasteiger partial charge is 1.00 e. The number of Topliss-reactive ketones (excluding diaryl/α,β-unsaturated/α-hetero) is 1. The number of halogens is 1. The standard InChI is InChI=1S/C18H22NO2.HI/c1-19(2,3)14-17(20)18(21,15-10-6-4-7-11-15)16-12-8-5-9-13-16;/h4-13,21H,14H2,1-3H3;1H/q+1;/p-1. The first kappa shape index (κ1) is 18.8. The molecule has 0 saturated heterocycles. The van der Waals surface area contributed by atoms with Crippen molar-refractivity contribution in [2.75, 3.05) is 27.7 Å². The summed E-state index contributed by atoms with van der Waals surface area (Å²) in [4.78, 5) is 12.8. The molecule has 0 amide bonds. The summed E-state index contributed by atoms with van der Waals surface area (Å²) >= 11 is 0. The van der Waals surface area contributed by atoms with Crippen LogP contribution in [0.2, 0.25) is 0 Å². The number of likely N-dealkylation sites (N-methyl/N-ethyl adjacent to an activating group) is 1. The van der Waals surface area contributed by atoms with Crippen LogP contribution in [0.1, 0.15) is 11.1 Å². The van der Waals surface area contributed by atoms with Gasteiger partial charge < -0.3 is 33.6 Å². The van der Waals surface area contributed by atoms with E-state index in [1.807, 2.05) is 57.5 Å². The molecule has 0 unspecified atom stereocenters. The highest BCUT2D eigenvalue weighted by Gasteiger charge is 2.41. The average Bonchev–Trinajstić information content (AvgIpc) is 2.46. The third-order valence-electron chi connectivity index (χ3n) is 3.40. The van der Waals surface area contributed by atoms with E-state index in [-0.39, 0.29) is 36.3 Å². The van der Waals surface area contributed by atoms with E-state index < -0.39 is 5.60 Å². The van der Waals surface area contributed by atoms with Gasteiger partial charge in [-0.05, 0) is 11.1 Å². The van der Waals surface area contributed by atoms with Gasteiger partial charge in [0.2, 0.25) is 5.78 Å². The molecule has 0 aliphatic rings. The number of rotatable bonds is 5. The van der Waals surface area contributed by atoms with Gasteiger partial charge in [0.05, 0.1) is 21.1 Å². The number of hydrogen-bond acceptors (Lipinski definition) is 2. The molecule has 4 heteroatoms. The van der Waals surface area contributed by atoms with E-state index >= 15 is 0 Å². The maximum atomic E-state index is 12.8. The van der Waals surface area contributed by atoms with E-state index in [9.17, 15) is 9.90 Å². The van der Waals surface area contributed by atoms with Gasteiger partial charge >= 0.3 is 0 Å². The number of quaternary nitrogens is 1. The zero-order chi connectivity index (χ0) is 15.5. The zero-order valence-corrected chi connectivity index (χ0v) is 15.3. The van der Waals surface area contributed by atoms with Crippen molar-refractivity contribution in [2.45, 2.75) is 5.60 Å². The van der Waals surface area contributed by atoms with Gasteiger partial charge in [0.1, 0.15) is 6.54 Å². The van der Waals surface area contributed by atoms with Crippen molar-refractivity contribution in [3.8, 4) is 0 Å².